The molecule has 1 fully saturated rings. The molecule has 0 unspecified atom stereocenters. The van der Waals surface area contributed by atoms with E-state index in [-0.39, 0.29) is 16.6 Å². The number of aromatic hydroxyl groups is 1. The molecule has 0 atom stereocenters. The van der Waals surface area contributed by atoms with Gasteiger partial charge in [0.15, 0.2) is 11.0 Å². The molecule has 0 aliphatic carbocycles. The van der Waals surface area contributed by atoms with Crippen LogP contribution in [0.15, 0.2) is 51.7 Å². The van der Waals surface area contributed by atoms with Crippen LogP contribution in [0.2, 0.25) is 0 Å². The predicted octanol–water partition coefficient (Wildman–Crippen LogP) is 4.10. The molecule has 2 aromatic carbocycles. The molecule has 6 heteroatoms. The molecule has 160 valence electrons. The van der Waals surface area contributed by atoms with E-state index in [1.54, 1.807) is 0 Å². The average molecular weight is 418 g/mol. The Morgan fingerprint density at radius 2 is 1.74 bits per heavy atom. The Morgan fingerprint density at radius 3 is 2.45 bits per heavy atom. The highest BCUT2D eigenvalue weighted by molar-refractivity contribution is 5.94. The third-order valence-corrected chi connectivity index (χ3v) is 6.03. The van der Waals surface area contributed by atoms with Crippen LogP contribution in [0.4, 0.5) is 5.69 Å². The maximum atomic E-state index is 12.9. The lowest BCUT2D eigenvalue weighted by molar-refractivity contribution is 0.158. The Labute approximate surface area is 181 Å². The molecule has 2 aliphatic heterocycles. The molecule has 6 nitrogen and oxygen atoms in total. The number of piperazine rings is 1. The summed E-state index contributed by atoms with van der Waals surface area (Å²) in [6.07, 6.45) is 3.81. The third-order valence-electron chi connectivity index (χ3n) is 6.03. The minimum Gasteiger partial charge on any atom is -0.507 e. The van der Waals surface area contributed by atoms with Crippen molar-refractivity contribution in [2.75, 3.05) is 38.1 Å². The molecular formula is C25H26N2O4. The molecule has 1 saturated heterocycles. The van der Waals surface area contributed by atoms with Crippen molar-refractivity contribution in [2.24, 2.45) is 0 Å². The quantitative estimate of drug-likeness (QED) is 0.676. The lowest BCUT2D eigenvalue weighted by atomic mass is 9.99. The van der Waals surface area contributed by atoms with Crippen molar-refractivity contribution in [1.29, 1.82) is 0 Å². The van der Waals surface area contributed by atoms with Gasteiger partial charge in [0.2, 0.25) is 0 Å². The van der Waals surface area contributed by atoms with E-state index in [4.69, 9.17) is 9.15 Å². The normalized spacial score (nSPS) is 18.1. The van der Waals surface area contributed by atoms with Gasteiger partial charge >= 0.3 is 0 Å². The zero-order valence-electron chi connectivity index (χ0n) is 18.0. The number of hydrogen-bond donors (Lipinski definition) is 1. The van der Waals surface area contributed by atoms with Crippen LogP contribution in [0.25, 0.3) is 28.4 Å². The van der Waals surface area contributed by atoms with Gasteiger partial charge in [0.1, 0.15) is 28.2 Å². The highest BCUT2D eigenvalue weighted by Crippen LogP contribution is 2.40. The van der Waals surface area contributed by atoms with Crippen molar-refractivity contribution in [3.63, 3.8) is 0 Å². The first-order chi connectivity index (χ1) is 14.8. The van der Waals surface area contributed by atoms with Crippen molar-refractivity contribution < 1.29 is 14.3 Å². The van der Waals surface area contributed by atoms with E-state index in [1.165, 1.54) is 12.1 Å². The molecule has 1 aromatic heterocycles. The Hall–Kier alpha value is -3.25. The lowest BCUT2D eigenvalue weighted by Crippen LogP contribution is -2.44. The number of likely N-dealkylation sites (N-methyl/N-ethyl adjacent to an activating group) is 1. The largest absolute Gasteiger partial charge is 0.507 e. The zero-order chi connectivity index (χ0) is 21.8. The van der Waals surface area contributed by atoms with Crippen LogP contribution in [0.1, 0.15) is 19.4 Å². The fourth-order valence-corrected chi connectivity index (χ4v) is 4.20. The van der Waals surface area contributed by atoms with E-state index in [9.17, 15) is 9.90 Å². The minimum absolute atomic E-state index is 0.134. The van der Waals surface area contributed by atoms with Crippen LogP contribution in [-0.4, -0.2) is 48.8 Å². The molecule has 5 rings (SSSR count). The standard InChI is InChI=1S/C25H26N2O4/c1-25(2)9-8-18-22(31-25)15-20(29)23-19(28)14-21(30-24(18)23)16-4-6-17(7-5-16)27-12-10-26(3)11-13-27/h4-9,14-15,29H,10-13H2,1-3H3. The predicted molar refractivity (Wildman–Crippen MR) is 123 cm³/mol. The Balaban J connectivity index is 1.56. The van der Waals surface area contributed by atoms with Crippen LogP contribution in [-0.2, 0) is 0 Å². The van der Waals surface area contributed by atoms with Gasteiger partial charge in [-0.3, -0.25) is 4.79 Å². The van der Waals surface area contributed by atoms with E-state index in [0.717, 1.165) is 37.4 Å². The Morgan fingerprint density at radius 1 is 1.03 bits per heavy atom. The molecule has 0 bridgehead atoms. The molecule has 0 spiro atoms. The van der Waals surface area contributed by atoms with Gasteiger partial charge in [-0.2, -0.15) is 0 Å². The number of rotatable bonds is 2. The van der Waals surface area contributed by atoms with Crippen LogP contribution < -0.4 is 15.1 Å². The summed E-state index contributed by atoms with van der Waals surface area (Å²) in [5.74, 6) is 0.835. The van der Waals surface area contributed by atoms with Crippen LogP contribution in [0, 0.1) is 0 Å². The first-order valence-corrected chi connectivity index (χ1v) is 10.6. The zero-order valence-corrected chi connectivity index (χ0v) is 18.0. The maximum Gasteiger partial charge on any atom is 0.197 e. The molecule has 31 heavy (non-hydrogen) atoms. The van der Waals surface area contributed by atoms with Crippen LogP contribution >= 0.6 is 0 Å². The topological polar surface area (TPSA) is 66.2 Å². The minimum atomic E-state index is -0.496. The average Bonchev–Trinajstić information content (AvgIpc) is 2.73. The second kappa shape index (κ2) is 7.17. The van der Waals surface area contributed by atoms with E-state index >= 15 is 0 Å². The van der Waals surface area contributed by atoms with E-state index in [1.807, 2.05) is 38.1 Å². The van der Waals surface area contributed by atoms with Crippen LogP contribution in [0.5, 0.6) is 11.5 Å². The number of hydrogen-bond acceptors (Lipinski definition) is 6. The summed E-state index contributed by atoms with van der Waals surface area (Å²) in [6.45, 7) is 7.94. The van der Waals surface area contributed by atoms with Gasteiger partial charge in [-0.15, -0.1) is 0 Å². The highest BCUT2D eigenvalue weighted by atomic mass is 16.5. The summed E-state index contributed by atoms with van der Waals surface area (Å²) in [5, 5.41) is 10.6. The van der Waals surface area contributed by atoms with E-state index in [2.05, 4.69) is 29.0 Å². The number of nitrogens with zero attached hydrogens (tertiary/aromatic N) is 2. The molecule has 0 radical (unpaired) electrons. The second-order valence-corrected chi connectivity index (χ2v) is 8.86. The summed E-state index contributed by atoms with van der Waals surface area (Å²) in [4.78, 5) is 17.5. The van der Waals surface area contributed by atoms with Crippen molar-refractivity contribution in [2.45, 2.75) is 19.4 Å². The van der Waals surface area contributed by atoms with Crippen molar-refractivity contribution in [3.05, 3.63) is 58.3 Å². The molecule has 3 aromatic rings. The molecular weight excluding hydrogens is 392 g/mol. The maximum absolute atomic E-state index is 12.9. The third kappa shape index (κ3) is 3.57. The summed E-state index contributed by atoms with van der Waals surface area (Å²) in [6, 6.07) is 11.0. The number of phenolic OH excluding ortho intramolecular Hbond substituents is 1. The van der Waals surface area contributed by atoms with Crippen molar-refractivity contribution >= 4 is 22.7 Å². The molecule has 0 amide bonds. The first kappa shape index (κ1) is 19.7. The van der Waals surface area contributed by atoms with E-state index < -0.39 is 5.60 Å². The van der Waals surface area contributed by atoms with Gasteiger partial charge < -0.3 is 24.1 Å². The van der Waals surface area contributed by atoms with Gasteiger partial charge in [0.25, 0.3) is 0 Å². The van der Waals surface area contributed by atoms with Gasteiger partial charge in [-0.25, -0.2) is 0 Å². The van der Waals surface area contributed by atoms with Crippen molar-refractivity contribution in [3.8, 4) is 22.8 Å². The smallest absolute Gasteiger partial charge is 0.197 e. The van der Waals surface area contributed by atoms with Gasteiger partial charge in [-0.05, 0) is 57.3 Å². The summed E-state index contributed by atoms with van der Waals surface area (Å²) < 4.78 is 12.1. The van der Waals surface area contributed by atoms with Crippen LogP contribution in [0.3, 0.4) is 0 Å². The Kier molecular flexibility index (Phi) is 4.55. The molecule has 1 N–H and O–H groups in total. The second-order valence-electron chi connectivity index (χ2n) is 8.86. The number of fused-ring (bicyclic) bond motifs is 3. The number of benzene rings is 2. The lowest BCUT2D eigenvalue weighted by Gasteiger charge is -2.34. The first-order valence-electron chi connectivity index (χ1n) is 10.6. The van der Waals surface area contributed by atoms with Gasteiger partial charge in [-0.1, -0.05) is 0 Å². The Bertz CT molecular complexity index is 1230. The van der Waals surface area contributed by atoms with Crippen molar-refractivity contribution in [1.82, 2.24) is 4.90 Å². The number of phenols is 1. The fourth-order valence-electron chi connectivity index (χ4n) is 4.20. The number of ether oxygens (including phenoxy) is 1. The van der Waals surface area contributed by atoms with E-state index in [0.29, 0.717) is 22.7 Å². The number of anilines is 1. The van der Waals surface area contributed by atoms with Gasteiger partial charge in [0.05, 0.1) is 5.56 Å². The monoisotopic (exact) mass is 418 g/mol. The summed E-state index contributed by atoms with van der Waals surface area (Å²) in [5.41, 5.74) is 2.21. The molecule has 3 heterocycles. The van der Waals surface area contributed by atoms with Gasteiger partial charge in [0, 0.05) is 49.6 Å². The molecule has 2 aliphatic rings. The summed E-state index contributed by atoms with van der Waals surface area (Å²) in [7, 11) is 2.14. The highest BCUT2D eigenvalue weighted by Gasteiger charge is 2.26. The SMILES string of the molecule is CN1CCN(c2ccc(-c3cc(=O)c4c(O)cc5c(c4o3)C=CC(C)(C)O5)cc2)CC1. The molecule has 0 saturated carbocycles. The summed E-state index contributed by atoms with van der Waals surface area (Å²) >= 11 is 0. The fraction of sp³-hybridized carbons (Fsp3) is 0.320.